The lowest BCUT2D eigenvalue weighted by Crippen LogP contribution is -2.24. The van der Waals surface area contributed by atoms with E-state index in [9.17, 15) is 14.3 Å². The maximum atomic E-state index is 13.8. The van der Waals surface area contributed by atoms with E-state index in [4.69, 9.17) is 14.2 Å². The molecule has 0 spiro atoms. The molecule has 8 nitrogen and oxygen atoms in total. The monoisotopic (exact) mass is 519 g/mol. The molecule has 2 aromatic heterocycles. The van der Waals surface area contributed by atoms with Gasteiger partial charge in [-0.15, -0.1) is 0 Å². The number of H-pyrrole nitrogens is 1. The fourth-order valence-electron chi connectivity index (χ4n) is 4.02. The maximum absolute atomic E-state index is 13.8. The Kier molecular flexibility index (Phi) is 8.07. The lowest BCUT2D eigenvalue weighted by Gasteiger charge is -2.24. The molecule has 0 amide bonds. The maximum Gasteiger partial charge on any atom is 0.163 e. The number of methoxy groups -OCH3 is 2. The number of hydrogen-bond donors (Lipinski definition) is 2. The Balaban J connectivity index is 1.48. The quantitative estimate of drug-likeness (QED) is 0.256. The van der Waals surface area contributed by atoms with Crippen LogP contribution in [0.25, 0.3) is 11.3 Å². The molecule has 2 N–H and O–H groups in total. The fourth-order valence-corrected chi connectivity index (χ4v) is 4.02. The largest absolute Gasteiger partial charge is 0.494 e. The van der Waals surface area contributed by atoms with Gasteiger partial charge in [-0.05, 0) is 80.4 Å². The minimum Gasteiger partial charge on any atom is -0.494 e. The Hall–Kier alpha value is -4.24. The van der Waals surface area contributed by atoms with Gasteiger partial charge in [-0.25, -0.2) is 9.37 Å². The Morgan fingerprint density at radius 3 is 2.47 bits per heavy atom. The zero-order chi connectivity index (χ0) is 27.3. The molecule has 198 valence electrons. The Labute approximate surface area is 220 Å². The van der Waals surface area contributed by atoms with Gasteiger partial charge in [0.25, 0.3) is 0 Å². The summed E-state index contributed by atoms with van der Waals surface area (Å²) >= 11 is 0. The molecule has 0 fully saturated rings. The Bertz CT molecular complexity index is 1420. The van der Waals surface area contributed by atoms with Crippen molar-refractivity contribution in [3.8, 4) is 28.5 Å². The predicted molar refractivity (Wildman–Crippen MR) is 140 cm³/mol. The van der Waals surface area contributed by atoms with Crippen LogP contribution in [0.1, 0.15) is 47.1 Å². The third-order valence-corrected chi connectivity index (χ3v) is 6.33. The summed E-state index contributed by atoms with van der Waals surface area (Å²) in [4.78, 5) is 17.6. The fraction of sp³-hybridized carbons (Fsp3) is 0.276. The van der Waals surface area contributed by atoms with Crippen LogP contribution in [0.3, 0.4) is 0 Å². The molecule has 0 saturated heterocycles. The number of carbonyl (C=O) groups excluding carboxylic acids is 1. The van der Waals surface area contributed by atoms with Crippen molar-refractivity contribution < 1.29 is 28.5 Å². The second kappa shape index (κ2) is 11.4. The first-order chi connectivity index (χ1) is 18.2. The van der Waals surface area contributed by atoms with Gasteiger partial charge >= 0.3 is 0 Å². The van der Waals surface area contributed by atoms with Gasteiger partial charge in [-0.2, -0.15) is 5.10 Å². The third kappa shape index (κ3) is 6.00. The van der Waals surface area contributed by atoms with Gasteiger partial charge in [0.15, 0.2) is 17.3 Å². The highest BCUT2D eigenvalue weighted by Gasteiger charge is 2.28. The van der Waals surface area contributed by atoms with E-state index in [1.165, 1.54) is 20.3 Å². The number of ketones is 1. The van der Waals surface area contributed by atoms with Crippen molar-refractivity contribution in [2.24, 2.45) is 0 Å². The summed E-state index contributed by atoms with van der Waals surface area (Å²) in [6.07, 6.45) is 1.84. The molecule has 0 aliphatic carbocycles. The number of pyridine rings is 1. The topological polar surface area (TPSA) is 107 Å². The molecule has 0 bridgehead atoms. The number of benzene rings is 2. The summed E-state index contributed by atoms with van der Waals surface area (Å²) < 4.78 is 30.4. The van der Waals surface area contributed by atoms with Gasteiger partial charge in [-0.1, -0.05) is 0 Å². The lowest BCUT2D eigenvalue weighted by atomic mass is 9.92. The lowest BCUT2D eigenvalue weighted by molar-refractivity contribution is 0.0397. The zero-order valence-electron chi connectivity index (χ0n) is 21.7. The summed E-state index contributed by atoms with van der Waals surface area (Å²) in [5, 5.41) is 18.0. The number of ether oxygens (including phenoxy) is 3. The molecule has 0 aliphatic heterocycles. The van der Waals surface area contributed by atoms with Crippen LogP contribution in [-0.4, -0.2) is 40.3 Å². The average Bonchev–Trinajstić information content (AvgIpc) is 3.45. The van der Waals surface area contributed by atoms with Gasteiger partial charge in [-0.3, -0.25) is 9.89 Å². The number of carbonyl (C=O) groups is 1. The van der Waals surface area contributed by atoms with Crippen LogP contribution in [-0.2, 0) is 12.2 Å². The van der Waals surface area contributed by atoms with Gasteiger partial charge in [0, 0.05) is 23.7 Å². The van der Waals surface area contributed by atoms with Crippen molar-refractivity contribution in [1.29, 1.82) is 0 Å². The average molecular weight is 520 g/mol. The minimum atomic E-state index is -1.40. The van der Waals surface area contributed by atoms with E-state index in [1.54, 1.807) is 68.6 Å². The number of Topliss-reactive ketones (excluding diaryl/α,β-unsaturated/α-hetero) is 1. The molecule has 0 saturated carbocycles. The van der Waals surface area contributed by atoms with E-state index < -0.39 is 5.60 Å². The molecule has 2 aromatic carbocycles. The van der Waals surface area contributed by atoms with Crippen LogP contribution in [0, 0.1) is 12.7 Å². The molecular weight excluding hydrogens is 489 g/mol. The normalized spacial score (nSPS) is 12.6. The summed E-state index contributed by atoms with van der Waals surface area (Å²) in [7, 11) is 3.03. The second-order valence-corrected chi connectivity index (χ2v) is 9.14. The number of aromatic amines is 1. The van der Waals surface area contributed by atoms with Crippen LogP contribution in [0.5, 0.6) is 17.2 Å². The highest BCUT2D eigenvalue weighted by Crippen LogP contribution is 2.34. The highest BCUT2D eigenvalue weighted by molar-refractivity contribution is 5.96. The van der Waals surface area contributed by atoms with Gasteiger partial charge in [0.05, 0.1) is 25.6 Å². The first-order valence-electron chi connectivity index (χ1n) is 12.1. The van der Waals surface area contributed by atoms with Gasteiger partial charge < -0.3 is 19.3 Å². The number of nitrogens with one attached hydrogen (secondary N) is 1. The SMILES string of the molecule is COc1cc(C(=O)CCC(C)(O)c2ccc(OC)c(-c3ccc(F)c(C)c3)n2)ccc1OCc1ccn[nH]1. The van der Waals surface area contributed by atoms with Crippen molar-refractivity contribution in [3.05, 3.63) is 89.1 Å². The minimum absolute atomic E-state index is 0.0726. The smallest absolute Gasteiger partial charge is 0.163 e. The van der Waals surface area contributed by atoms with Gasteiger partial charge in [0.1, 0.15) is 29.5 Å². The molecule has 1 atom stereocenters. The molecule has 0 aliphatic rings. The number of aryl methyl sites for hydroxylation is 1. The molecule has 9 heteroatoms. The number of halogens is 1. The van der Waals surface area contributed by atoms with E-state index >= 15 is 0 Å². The van der Waals surface area contributed by atoms with E-state index in [-0.39, 0.29) is 31.0 Å². The van der Waals surface area contributed by atoms with Crippen molar-refractivity contribution in [2.75, 3.05) is 14.2 Å². The summed E-state index contributed by atoms with van der Waals surface area (Å²) in [5.74, 6) is 0.943. The highest BCUT2D eigenvalue weighted by atomic mass is 19.1. The Morgan fingerprint density at radius 1 is 1.03 bits per heavy atom. The van der Waals surface area contributed by atoms with E-state index in [1.807, 2.05) is 0 Å². The molecule has 2 heterocycles. The van der Waals surface area contributed by atoms with Crippen molar-refractivity contribution in [2.45, 2.75) is 38.9 Å². The zero-order valence-corrected chi connectivity index (χ0v) is 21.7. The second-order valence-electron chi connectivity index (χ2n) is 9.14. The molecule has 38 heavy (non-hydrogen) atoms. The van der Waals surface area contributed by atoms with Crippen LogP contribution < -0.4 is 14.2 Å². The molecular formula is C29H30FN3O5. The first-order valence-corrected chi connectivity index (χ1v) is 12.1. The third-order valence-electron chi connectivity index (χ3n) is 6.33. The number of aromatic nitrogens is 3. The molecule has 4 rings (SSSR count). The van der Waals surface area contributed by atoms with Crippen LogP contribution >= 0.6 is 0 Å². The number of rotatable bonds is 11. The predicted octanol–water partition coefficient (Wildman–Crippen LogP) is 5.39. The van der Waals surface area contributed by atoms with Gasteiger partial charge in [0.2, 0.25) is 0 Å². The number of nitrogens with zero attached hydrogens (tertiary/aromatic N) is 2. The summed E-state index contributed by atoms with van der Waals surface area (Å²) in [6, 6.07) is 14.8. The van der Waals surface area contributed by atoms with E-state index in [0.717, 1.165) is 5.69 Å². The van der Waals surface area contributed by atoms with Crippen molar-refractivity contribution in [3.63, 3.8) is 0 Å². The van der Waals surface area contributed by atoms with E-state index in [2.05, 4.69) is 15.2 Å². The first kappa shape index (κ1) is 26.8. The molecule has 4 aromatic rings. The standard InChI is InChI=1S/C29H30FN3O5/c1-18-15-20(5-7-22(18)30)28-25(36-3)9-10-27(32-28)29(2,35)13-11-23(34)19-6-8-24(26(16-19)37-4)38-17-21-12-14-31-33-21/h5-10,12,14-16,35H,11,13,17H2,1-4H3,(H,31,33). The van der Waals surface area contributed by atoms with Crippen LogP contribution in [0.15, 0.2) is 60.8 Å². The number of hydrogen-bond acceptors (Lipinski definition) is 7. The van der Waals surface area contributed by atoms with Crippen molar-refractivity contribution >= 4 is 5.78 Å². The number of aliphatic hydroxyl groups is 1. The summed E-state index contributed by atoms with van der Waals surface area (Å²) in [5.41, 5.74) is 1.84. The van der Waals surface area contributed by atoms with Crippen LogP contribution in [0.2, 0.25) is 0 Å². The Morgan fingerprint density at radius 2 is 1.79 bits per heavy atom. The van der Waals surface area contributed by atoms with E-state index in [0.29, 0.717) is 45.3 Å². The van der Waals surface area contributed by atoms with Crippen LogP contribution in [0.4, 0.5) is 4.39 Å². The van der Waals surface area contributed by atoms with Crippen molar-refractivity contribution in [1.82, 2.24) is 15.2 Å². The molecule has 1 unspecified atom stereocenters. The molecule has 0 radical (unpaired) electrons. The summed E-state index contributed by atoms with van der Waals surface area (Å²) in [6.45, 7) is 3.56.